The second kappa shape index (κ2) is 5.90. The molecule has 2 aromatic rings. The lowest BCUT2D eigenvalue weighted by Crippen LogP contribution is -2.27. The maximum atomic E-state index is 12.8. The van der Waals surface area contributed by atoms with Crippen LogP contribution in [0.1, 0.15) is 34.0 Å². The summed E-state index contributed by atoms with van der Waals surface area (Å²) in [4.78, 5) is 16.1. The fourth-order valence-electron chi connectivity index (χ4n) is 1.61. The molecular weight excluding hydrogens is 265 g/mol. The highest BCUT2D eigenvalue weighted by Gasteiger charge is 2.14. The van der Waals surface area contributed by atoms with Crippen LogP contribution in [0.4, 0.5) is 4.39 Å². The number of amides is 1. The zero-order chi connectivity index (χ0) is 13.8. The first-order valence-electron chi connectivity index (χ1n) is 5.81. The molecule has 1 aromatic heterocycles. The summed E-state index contributed by atoms with van der Waals surface area (Å²) < 4.78 is 12.8. The molecule has 1 heterocycles. The molecule has 1 aromatic carbocycles. The summed E-state index contributed by atoms with van der Waals surface area (Å²) in [7, 11) is 0. The van der Waals surface area contributed by atoms with Gasteiger partial charge in [-0.3, -0.25) is 4.79 Å². The van der Waals surface area contributed by atoms with Crippen LogP contribution in [0.25, 0.3) is 0 Å². The van der Waals surface area contributed by atoms with Crippen LogP contribution < -0.4 is 11.1 Å². The molecular formula is C13H14FN3OS. The van der Waals surface area contributed by atoms with Crippen molar-refractivity contribution in [2.45, 2.75) is 19.5 Å². The first-order valence-corrected chi connectivity index (χ1v) is 6.69. The predicted octanol–water partition coefficient (Wildman–Crippen LogP) is 2.23. The van der Waals surface area contributed by atoms with Crippen LogP contribution in [0.5, 0.6) is 0 Å². The van der Waals surface area contributed by atoms with E-state index in [1.807, 2.05) is 6.92 Å². The summed E-state index contributed by atoms with van der Waals surface area (Å²) in [6.07, 6.45) is 0. The normalized spacial score (nSPS) is 12.2. The van der Waals surface area contributed by atoms with Gasteiger partial charge in [-0.2, -0.15) is 0 Å². The number of hydrogen-bond donors (Lipinski definition) is 2. The molecule has 6 heteroatoms. The van der Waals surface area contributed by atoms with E-state index in [-0.39, 0.29) is 17.8 Å². The Bertz CT molecular complexity index is 568. The fourth-order valence-corrected chi connectivity index (χ4v) is 2.27. The van der Waals surface area contributed by atoms with Crippen molar-refractivity contribution in [1.29, 1.82) is 0 Å². The summed E-state index contributed by atoms with van der Waals surface area (Å²) >= 11 is 1.36. The van der Waals surface area contributed by atoms with Gasteiger partial charge in [-0.05, 0) is 24.6 Å². The molecule has 3 N–H and O–H groups in total. The van der Waals surface area contributed by atoms with E-state index in [4.69, 9.17) is 5.73 Å². The molecule has 2 rings (SSSR count). The molecule has 4 nitrogen and oxygen atoms in total. The first-order chi connectivity index (χ1) is 9.10. The number of nitrogens with one attached hydrogen (secondary N) is 1. The minimum absolute atomic E-state index is 0.212. The van der Waals surface area contributed by atoms with Gasteiger partial charge in [0, 0.05) is 11.9 Å². The van der Waals surface area contributed by atoms with Crippen molar-refractivity contribution >= 4 is 17.2 Å². The van der Waals surface area contributed by atoms with Gasteiger partial charge in [-0.25, -0.2) is 9.37 Å². The molecule has 0 bridgehead atoms. The third-order valence-corrected chi connectivity index (χ3v) is 3.55. The Labute approximate surface area is 114 Å². The van der Waals surface area contributed by atoms with Gasteiger partial charge in [0.15, 0.2) is 0 Å². The van der Waals surface area contributed by atoms with Crippen molar-refractivity contribution in [3.05, 3.63) is 51.7 Å². The lowest BCUT2D eigenvalue weighted by atomic mass is 10.1. The Morgan fingerprint density at radius 2 is 2.16 bits per heavy atom. The first kappa shape index (κ1) is 13.6. The molecule has 1 amide bonds. The third kappa shape index (κ3) is 3.36. The average Bonchev–Trinajstić information content (AvgIpc) is 2.88. The van der Waals surface area contributed by atoms with Crippen LogP contribution in [0.15, 0.2) is 29.6 Å². The summed E-state index contributed by atoms with van der Waals surface area (Å²) in [5.41, 5.74) is 6.65. The summed E-state index contributed by atoms with van der Waals surface area (Å²) in [6, 6.07) is 5.82. The summed E-state index contributed by atoms with van der Waals surface area (Å²) in [6.45, 7) is 2.16. The van der Waals surface area contributed by atoms with E-state index < -0.39 is 0 Å². The smallest absolute Gasteiger partial charge is 0.271 e. The SMILES string of the molecule is C[C@H](NC(=O)c1csc(CN)n1)c1ccc(F)cc1. The highest BCUT2D eigenvalue weighted by Crippen LogP contribution is 2.15. The molecule has 0 aliphatic rings. The molecule has 0 saturated carbocycles. The molecule has 0 aliphatic heterocycles. The molecule has 100 valence electrons. The monoisotopic (exact) mass is 279 g/mol. The van der Waals surface area contributed by atoms with Crippen molar-refractivity contribution in [2.75, 3.05) is 0 Å². The van der Waals surface area contributed by atoms with Crippen LogP contribution in [-0.2, 0) is 6.54 Å². The lowest BCUT2D eigenvalue weighted by molar-refractivity contribution is 0.0935. The quantitative estimate of drug-likeness (QED) is 0.901. The zero-order valence-corrected chi connectivity index (χ0v) is 11.2. The van der Waals surface area contributed by atoms with E-state index >= 15 is 0 Å². The summed E-state index contributed by atoms with van der Waals surface area (Å²) in [5, 5.41) is 5.21. The van der Waals surface area contributed by atoms with E-state index in [1.165, 1.54) is 23.5 Å². The van der Waals surface area contributed by atoms with Crippen LogP contribution in [0.3, 0.4) is 0 Å². The molecule has 0 unspecified atom stereocenters. The number of hydrogen-bond acceptors (Lipinski definition) is 4. The second-order valence-corrected chi connectivity index (χ2v) is 5.02. The Morgan fingerprint density at radius 3 is 2.74 bits per heavy atom. The van der Waals surface area contributed by atoms with E-state index in [0.29, 0.717) is 12.2 Å². The Hall–Kier alpha value is -1.79. The van der Waals surface area contributed by atoms with Gasteiger partial charge < -0.3 is 11.1 Å². The Balaban J connectivity index is 2.04. The number of rotatable bonds is 4. The van der Waals surface area contributed by atoms with E-state index in [9.17, 15) is 9.18 Å². The van der Waals surface area contributed by atoms with Crippen molar-refractivity contribution < 1.29 is 9.18 Å². The fraction of sp³-hybridized carbons (Fsp3) is 0.231. The number of nitrogens with two attached hydrogens (primary N) is 1. The number of thiazole rings is 1. The van der Waals surface area contributed by atoms with Gasteiger partial charge >= 0.3 is 0 Å². The number of carbonyl (C=O) groups excluding carboxylic acids is 1. The van der Waals surface area contributed by atoms with Gasteiger partial charge in [-0.15, -0.1) is 11.3 Å². The molecule has 0 fully saturated rings. The average molecular weight is 279 g/mol. The molecule has 1 atom stereocenters. The van der Waals surface area contributed by atoms with E-state index in [2.05, 4.69) is 10.3 Å². The van der Waals surface area contributed by atoms with Gasteiger partial charge in [0.05, 0.1) is 6.04 Å². The van der Waals surface area contributed by atoms with Crippen LogP contribution in [0.2, 0.25) is 0 Å². The second-order valence-electron chi connectivity index (χ2n) is 4.08. The molecule has 0 spiro atoms. The highest BCUT2D eigenvalue weighted by molar-refractivity contribution is 7.09. The van der Waals surface area contributed by atoms with Crippen LogP contribution >= 0.6 is 11.3 Å². The highest BCUT2D eigenvalue weighted by atomic mass is 32.1. The van der Waals surface area contributed by atoms with E-state index in [1.54, 1.807) is 17.5 Å². The topological polar surface area (TPSA) is 68.0 Å². The standard InChI is InChI=1S/C13H14FN3OS/c1-8(9-2-4-10(14)5-3-9)16-13(18)11-7-19-12(6-15)17-11/h2-5,7-8H,6,15H2,1H3,(H,16,18)/t8-/m0/s1. The van der Waals surface area contributed by atoms with Gasteiger partial charge in [0.25, 0.3) is 5.91 Å². The lowest BCUT2D eigenvalue weighted by Gasteiger charge is -2.13. The number of nitrogens with zero attached hydrogens (tertiary/aromatic N) is 1. The number of halogens is 1. The van der Waals surface area contributed by atoms with Gasteiger partial charge in [0.1, 0.15) is 16.5 Å². The Morgan fingerprint density at radius 1 is 1.47 bits per heavy atom. The minimum atomic E-state index is -0.297. The van der Waals surface area contributed by atoms with Crippen LogP contribution in [0, 0.1) is 5.82 Å². The predicted molar refractivity (Wildman–Crippen MR) is 72.3 cm³/mol. The van der Waals surface area contributed by atoms with E-state index in [0.717, 1.165) is 10.6 Å². The third-order valence-electron chi connectivity index (χ3n) is 2.68. The zero-order valence-electron chi connectivity index (χ0n) is 10.4. The summed E-state index contributed by atoms with van der Waals surface area (Å²) in [5.74, 6) is -0.554. The van der Waals surface area contributed by atoms with Crippen molar-refractivity contribution in [2.24, 2.45) is 5.73 Å². The number of carbonyl (C=O) groups is 1. The van der Waals surface area contributed by atoms with Gasteiger partial charge in [-0.1, -0.05) is 12.1 Å². The molecule has 0 aliphatic carbocycles. The van der Waals surface area contributed by atoms with Crippen molar-refractivity contribution in [1.82, 2.24) is 10.3 Å². The largest absolute Gasteiger partial charge is 0.344 e. The molecule has 0 saturated heterocycles. The van der Waals surface area contributed by atoms with Crippen molar-refractivity contribution in [3.63, 3.8) is 0 Å². The molecule has 19 heavy (non-hydrogen) atoms. The molecule has 0 radical (unpaired) electrons. The Kier molecular flexibility index (Phi) is 4.24. The number of benzene rings is 1. The maximum Gasteiger partial charge on any atom is 0.271 e. The minimum Gasteiger partial charge on any atom is -0.344 e. The van der Waals surface area contributed by atoms with Crippen LogP contribution in [-0.4, -0.2) is 10.9 Å². The van der Waals surface area contributed by atoms with Crippen molar-refractivity contribution in [3.8, 4) is 0 Å². The van der Waals surface area contributed by atoms with Gasteiger partial charge in [0.2, 0.25) is 0 Å². The maximum absolute atomic E-state index is 12.8. The number of aromatic nitrogens is 1.